The molecule has 0 amide bonds. The summed E-state index contributed by atoms with van der Waals surface area (Å²) in [6, 6.07) is 3.82. The van der Waals surface area contributed by atoms with Crippen LogP contribution in [0.2, 0.25) is 0 Å². The number of benzene rings is 1. The lowest BCUT2D eigenvalue weighted by Crippen LogP contribution is -2.38. The van der Waals surface area contributed by atoms with Gasteiger partial charge in [0.2, 0.25) is 0 Å². The molecule has 1 unspecified atom stereocenters. The first-order valence-corrected chi connectivity index (χ1v) is 8.24. The highest BCUT2D eigenvalue weighted by atomic mass is 35.5. The van der Waals surface area contributed by atoms with Gasteiger partial charge in [0.25, 0.3) is 0 Å². The van der Waals surface area contributed by atoms with Crippen molar-refractivity contribution in [2.75, 3.05) is 33.9 Å². The highest BCUT2D eigenvalue weighted by Crippen LogP contribution is 2.35. The van der Waals surface area contributed by atoms with Gasteiger partial charge in [-0.15, -0.1) is 12.4 Å². The molecule has 4 nitrogen and oxygen atoms in total. The number of nitrogens with zero attached hydrogens (tertiary/aromatic N) is 1. The Balaban J connectivity index is 0.00000192. The lowest BCUT2D eigenvalue weighted by Gasteiger charge is -2.32. The molecule has 0 radical (unpaired) electrons. The first-order valence-electron chi connectivity index (χ1n) is 8.24. The molecule has 1 atom stereocenters. The summed E-state index contributed by atoms with van der Waals surface area (Å²) in [4.78, 5) is 15.3. The number of rotatable bonds is 4. The molecular weight excluding hydrogens is 314 g/mol. The zero-order valence-corrected chi connectivity index (χ0v) is 14.8. The minimum absolute atomic E-state index is 0. The molecule has 0 bridgehead atoms. The summed E-state index contributed by atoms with van der Waals surface area (Å²) in [5, 5.41) is 0. The van der Waals surface area contributed by atoms with Crippen molar-refractivity contribution in [1.82, 2.24) is 4.90 Å². The first kappa shape index (κ1) is 18.1. The molecule has 1 aromatic rings. The average molecular weight is 340 g/mol. The number of likely N-dealkylation sites (tertiary alicyclic amines) is 1. The van der Waals surface area contributed by atoms with Crippen LogP contribution in [0.4, 0.5) is 0 Å². The van der Waals surface area contributed by atoms with Gasteiger partial charge < -0.3 is 14.4 Å². The highest BCUT2D eigenvalue weighted by molar-refractivity contribution is 6.01. The molecule has 1 heterocycles. The summed E-state index contributed by atoms with van der Waals surface area (Å²) >= 11 is 0. The van der Waals surface area contributed by atoms with Gasteiger partial charge in [0.1, 0.15) is 0 Å². The molecule has 1 aromatic carbocycles. The molecule has 0 saturated carbocycles. The Morgan fingerprint density at radius 1 is 1.09 bits per heavy atom. The van der Waals surface area contributed by atoms with Gasteiger partial charge in [-0.2, -0.15) is 0 Å². The van der Waals surface area contributed by atoms with E-state index in [9.17, 15) is 4.79 Å². The van der Waals surface area contributed by atoms with E-state index < -0.39 is 0 Å². The monoisotopic (exact) mass is 339 g/mol. The van der Waals surface area contributed by atoms with E-state index in [-0.39, 0.29) is 24.1 Å². The van der Waals surface area contributed by atoms with Gasteiger partial charge in [-0.05, 0) is 56.5 Å². The van der Waals surface area contributed by atoms with Crippen molar-refractivity contribution < 1.29 is 14.3 Å². The summed E-state index contributed by atoms with van der Waals surface area (Å²) in [7, 11) is 3.25. The summed E-state index contributed by atoms with van der Waals surface area (Å²) in [5.41, 5.74) is 1.92. The molecule has 0 aromatic heterocycles. The van der Waals surface area contributed by atoms with Crippen LogP contribution in [0.15, 0.2) is 12.1 Å². The Morgan fingerprint density at radius 3 is 2.39 bits per heavy atom. The van der Waals surface area contributed by atoms with E-state index in [1.165, 1.54) is 19.3 Å². The second kappa shape index (κ2) is 8.02. The summed E-state index contributed by atoms with van der Waals surface area (Å²) < 4.78 is 10.7. The minimum atomic E-state index is 0. The highest BCUT2D eigenvalue weighted by Gasteiger charge is 2.30. The molecule has 128 valence electrons. The van der Waals surface area contributed by atoms with E-state index in [4.69, 9.17) is 9.47 Å². The molecule has 1 fully saturated rings. The van der Waals surface area contributed by atoms with Crippen molar-refractivity contribution in [3.8, 4) is 11.5 Å². The van der Waals surface area contributed by atoms with Crippen molar-refractivity contribution in [2.24, 2.45) is 5.92 Å². The van der Waals surface area contributed by atoms with Gasteiger partial charge in [0, 0.05) is 18.0 Å². The fraction of sp³-hybridized carbons (Fsp3) is 0.611. The number of hydrogen-bond acceptors (Lipinski definition) is 4. The van der Waals surface area contributed by atoms with Gasteiger partial charge >= 0.3 is 0 Å². The number of halogens is 1. The van der Waals surface area contributed by atoms with E-state index in [0.717, 1.165) is 43.6 Å². The maximum absolute atomic E-state index is 12.8. The SMILES string of the molecule is COc1cc2c(cc1OC)C(=O)C(CN1CCCCC1)CC2.Cl. The number of ether oxygens (including phenoxy) is 2. The number of methoxy groups -OCH3 is 2. The molecule has 1 saturated heterocycles. The zero-order valence-electron chi connectivity index (χ0n) is 14.0. The Bertz CT molecular complexity index is 555. The summed E-state index contributed by atoms with van der Waals surface area (Å²) in [6.07, 6.45) is 5.75. The maximum Gasteiger partial charge on any atom is 0.167 e. The molecule has 23 heavy (non-hydrogen) atoms. The van der Waals surface area contributed by atoms with Gasteiger partial charge in [-0.1, -0.05) is 6.42 Å². The second-order valence-electron chi connectivity index (χ2n) is 6.33. The maximum atomic E-state index is 12.8. The van der Waals surface area contributed by atoms with Crippen molar-refractivity contribution >= 4 is 18.2 Å². The number of carbonyl (C=O) groups excluding carboxylic acids is 1. The predicted octanol–water partition coefficient (Wildman–Crippen LogP) is 3.36. The number of ketones is 1. The van der Waals surface area contributed by atoms with Crippen LogP contribution in [-0.2, 0) is 6.42 Å². The third-order valence-corrected chi connectivity index (χ3v) is 4.94. The van der Waals surface area contributed by atoms with E-state index >= 15 is 0 Å². The Kier molecular flexibility index (Phi) is 6.31. The standard InChI is InChI=1S/C18H25NO3.ClH/c1-21-16-10-13-6-7-14(12-19-8-4-3-5-9-19)18(20)15(13)11-17(16)22-2;/h10-11,14H,3-9,12H2,1-2H3;1H. The summed E-state index contributed by atoms with van der Waals surface area (Å²) in [5.74, 6) is 1.76. The predicted molar refractivity (Wildman–Crippen MR) is 93.2 cm³/mol. The number of piperidine rings is 1. The smallest absolute Gasteiger partial charge is 0.167 e. The Morgan fingerprint density at radius 2 is 1.74 bits per heavy atom. The Labute approximate surface area is 144 Å². The molecule has 3 rings (SSSR count). The van der Waals surface area contributed by atoms with Crippen LogP contribution in [0, 0.1) is 5.92 Å². The summed E-state index contributed by atoms with van der Waals surface area (Å²) in [6.45, 7) is 3.19. The first-order chi connectivity index (χ1) is 10.7. The molecule has 5 heteroatoms. The molecule has 0 N–H and O–H groups in total. The largest absolute Gasteiger partial charge is 0.493 e. The number of hydrogen-bond donors (Lipinski definition) is 0. The lowest BCUT2D eigenvalue weighted by molar-refractivity contribution is 0.0845. The number of fused-ring (bicyclic) bond motifs is 1. The van der Waals surface area contributed by atoms with Gasteiger partial charge in [0.15, 0.2) is 17.3 Å². The quantitative estimate of drug-likeness (QED) is 0.843. The van der Waals surface area contributed by atoms with Gasteiger partial charge in [-0.3, -0.25) is 4.79 Å². The second-order valence-corrected chi connectivity index (χ2v) is 6.33. The van der Waals surface area contributed by atoms with Crippen LogP contribution in [0.3, 0.4) is 0 Å². The molecule has 2 aliphatic rings. The van der Waals surface area contributed by atoms with Gasteiger partial charge in [0.05, 0.1) is 14.2 Å². The third kappa shape index (κ3) is 3.81. The van der Waals surface area contributed by atoms with E-state index in [1.807, 2.05) is 12.1 Å². The van der Waals surface area contributed by atoms with Crippen molar-refractivity contribution in [3.63, 3.8) is 0 Å². The van der Waals surface area contributed by atoms with Crippen LogP contribution in [0.25, 0.3) is 0 Å². The molecule has 1 aliphatic carbocycles. The normalized spacial score (nSPS) is 21.3. The topological polar surface area (TPSA) is 38.8 Å². The fourth-order valence-electron chi connectivity index (χ4n) is 3.67. The molecule has 1 aliphatic heterocycles. The van der Waals surface area contributed by atoms with E-state index in [1.54, 1.807) is 14.2 Å². The van der Waals surface area contributed by atoms with Gasteiger partial charge in [-0.25, -0.2) is 0 Å². The minimum Gasteiger partial charge on any atom is -0.493 e. The van der Waals surface area contributed by atoms with Crippen molar-refractivity contribution in [1.29, 1.82) is 0 Å². The lowest BCUT2D eigenvalue weighted by atomic mass is 9.82. The van der Waals surface area contributed by atoms with E-state index in [0.29, 0.717) is 11.5 Å². The molecule has 0 spiro atoms. The van der Waals surface area contributed by atoms with Crippen molar-refractivity contribution in [2.45, 2.75) is 32.1 Å². The van der Waals surface area contributed by atoms with Crippen LogP contribution in [0.1, 0.15) is 41.6 Å². The van der Waals surface area contributed by atoms with Crippen molar-refractivity contribution in [3.05, 3.63) is 23.3 Å². The Hall–Kier alpha value is -1.26. The van der Waals surface area contributed by atoms with Crippen LogP contribution in [-0.4, -0.2) is 44.5 Å². The zero-order chi connectivity index (χ0) is 15.5. The van der Waals surface area contributed by atoms with E-state index in [2.05, 4.69) is 4.90 Å². The number of aryl methyl sites for hydroxylation is 1. The third-order valence-electron chi connectivity index (χ3n) is 4.94. The number of Topliss-reactive ketones (excluding diaryl/α,β-unsaturated/α-hetero) is 1. The van der Waals surface area contributed by atoms with Crippen LogP contribution >= 0.6 is 12.4 Å². The van der Waals surface area contributed by atoms with Crippen LogP contribution in [0.5, 0.6) is 11.5 Å². The van der Waals surface area contributed by atoms with Crippen LogP contribution < -0.4 is 9.47 Å². The molecular formula is C18H26ClNO3. The number of carbonyl (C=O) groups is 1. The fourth-order valence-corrected chi connectivity index (χ4v) is 3.67. The average Bonchev–Trinajstić information content (AvgIpc) is 2.57.